The molecule has 0 aliphatic rings. The van der Waals surface area contributed by atoms with Crippen molar-refractivity contribution in [2.24, 2.45) is 23.7 Å². The van der Waals surface area contributed by atoms with Crippen LogP contribution in [0.2, 0.25) is 0 Å². The highest BCUT2D eigenvalue weighted by Crippen LogP contribution is 2.46. The standard InChI is InChI=1S/C99H114N2O5/c1-10-19-26-69(15-6)65-103-87-47-35-74(36-48-87)80-57-81(75-37-49-88(50-38-75)104-66-70(16-7)27-20-11-2)60-84(59-80)78-43-55-91-94(63-78)95-64-79(44-56-92(95)98-97(91)100-99(93-31-24-25-32-96(93)102)101(98)86-45-33-73(34-46-86)30-23-14-5)85-61-82(76-39-51-89(52-40-76)105-67-71(17-8)28-21-12-3)58-83(62-85)77-41-53-90(54-42-77)106-68-72(18-9)29-22-13-4/h24-25,31-64,69-72,102H,10-23,26-30,65-68H2,1-9H3. The number of ether oxygens (including phenoxy) is 4. The molecule has 0 fully saturated rings. The van der Waals surface area contributed by atoms with E-state index in [9.17, 15) is 5.11 Å². The van der Waals surface area contributed by atoms with Crippen molar-refractivity contribution in [2.75, 3.05) is 26.4 Å². The number of rotatable bonds is 39. The molecule has 7 nitrogen and oxygen atoms in total. The Labute approximate surface area is 633 Å². The summed E-state index contributed by atoms with van der Waals surface area (Å²) < 4.78 is 28.3. The highest BCUT2D eigenvalue weighted by Gasteiger charge is 2.24. The first kappa shape index (κ1) is 76.1. The number of phenolic OH excluding ortho intramolecular Hbond substituents is 1. The van der Waals surface area contributed by atoms with E-state index in [1.165, 1.54) is 82.6 Å². The predicted octanol–water partition coefficient (Wildman–Crippen LogP) is 28.4. The predicted molar refractivity (Wildman–Crippen MR) is 450 cm³/mol. The number of hydrogen-bond acceptors (Lipinski definition) is 6. The largest absolute Gasteiger partial charge is 0.507 e. The van der Waals surface area contributed by atoms with Crippen LogP contribution in [0.25, 0.3) is 116 Å². The molecule has 1 N–H and O–H groups in total. The lowest BCUT2D eigenvalue weighted by Gasteiger charge is -2.17. The third kappa shape index (κ3) is 18.8. The number of unbranched alkanes of at least 4 members (excludes halogenated alkanes) is 5. The number of aryl methyl sites for hydroxylation is 1. The van der Waals surface area contributed by atoms with E-state index in [2.05, 4.69) is 261 Å². The SMILES string of the molecule is CCCCc1ccc(-n2c(-c3ccccc3O)nc3c4ccc(-c5cc(-c6ccc(OCC(CC)CCCC)cc6)cc(-c6ccc(OCC(CC)CCCC)cc6)c5)cc4c4cc(-c5cc(-c6ccc(OCC(CC)CCCC)cc6)cc(-c6ccc(OCC(CC)CCCC)cc6)c5)ccc4c32)cc1. The van der Waals surface area contributed by atoms with Gasteiger partial charge in [0.2, 0.25) is 0 Å². The lowest BCUT2D eigenvalue weighted by atomic mass is 9.89. The van der Waals surface area contributed by atoms with Gasteiger partial charge in [0.15, 0.2) is 0 Å². The summed E-state index contributed by atoms with van der Waals surface area (Å²) in [5.74, 6) is 6.59. The van der Waals surface area contributed by atoms with Gasteiger partial charge in [-0.25, -0.2) is 4.98 Å². The van der Waals surface area contributed by atoms with E-state index < -0.39 is 0 Å². The molecule has 4 atom stereocenters. The van der Waals surface area contributed by atoms with Gasteiger partial charge in [-0.15, -0.1) is 0 Å². The molecule has 0 amide bonds. The fourth-order valence-corrected chi connectivity index (χ4v) is 15.1. The van der Waals surface area contributed by atoms with Crippen LogP contribution in [0.4, 0.5) is 0 Å². The average Bonchev–Trinajstić information content (AvgIpc) is 1.48. The number of aromatic nitrogens is 2. The van der Waals surface area contributed by atoms with E-state index in [-0.39, 0.29) is 5.75 Å². The van der Waals surface area contributed by atoms with Gasteiger partial charge in [-0.05, 0) is 267 Å². The fourth-order valence-electron chi connectivity index (χ4n) is 15.1. The van der Waals surface area contributed by atoms with E-state index in [1.54, 1.807) is 6.07 Å². The molecule has 0 spiro atoms. The normalized spacial score (nSPS) is 12.8. The van der Waals surface area contributed by atoms with Crippen LogP contribution in [0.3, 0.4) is 0 Å². The number of para-hydroxylation sites is 1. The zero-order valence-corrected chi connectivity index (χ0v) is 64.8. The summed E-state index contributed by atoms with van der Waals surface area (Å²) in [5, 5.41) is 16.1. The maximum atomic E-state index is 11.9. The maximum absolute atomic E-state index is 11.9. The summed E-state index contributed by atoms with van der Waals surface area (Å²) in [6.07, 6.45) is 22.1. The number of fused-ring (bicyclic) bond motifs is 6. The topological polar surface area (TPSA) is 75.0 Å². The minimum atomic E-state index is 0.178. The first-order valence-electron chi connectivity index (χ1n) is 40.6. The number of nitrogens with zero attached hydrogens (tertiary/aromatic N) is 2. The van der Waals surface area contributed by atoms with Gasteiger partial charge in [0.05, 0.1) is 43.0 Å². The Bertz CT molecular complexity index is 4600. The minimum Gasteiger partial charge on any atom is -0.507 e. The molecule has 0 saturated heterocycles. The van der Waals surface area contributed by atoms with Crippen molar-refractivity contribution in [1.29, 1.82) is 0 Å². The summed E-state index contributed by atoms with van der Waals surface area (Å²) in [4.78, 5) is 5.70. The summed E-state index contributed by atoms with van der Waals surface area (Å²) in [6.45, 7) is 23.3. The van der Waals surface area contributed by atoms with E-state index in [0.29, 0.717) is 35.1 Å². The van der Waals surface area contributed by atoms with E-state index in [0.717, 1.165) is 199 Å². The highest BCUT2D eigenvalue weighted by molar-refractivity contribution is 6.25. The van der Waals surface area contributed by atoms with Crippen LogP contribution in [0.1, 0.15) is 183 Å². The number of hydrogen-bond donors (Lipinski definition) is 1. The number of aromatic hydroxyl groups is 1. The summed E-state index contributed by atoms with van der Waals surface area (Å²) >= 11 is 0. The molecule has 1 aromatic heterocycles. The molecule has 12 rings (SSSR count). The van der Waals surface area contributed by atoms with Gasteiger partial charge in [-0.1, -0.05) is 243 Å². The van der Waals surface area contributed by atoms with Crippen LogP contribution in [-0.2, 0) is 6.42 Å². The van der Waals surface area contributed by atoms with Crippen molar-refractivity contribution in [3.8, 4) is 113 Å². The smallest absolute Gasteiger partial charge is 0.149 e. The Morgan fingerprint density at radius 3 is 1.00 bits per heavy atom. The van der Waals surface area contributed by atoms with Crippen LogP contribution in [0, 0.1) is 23.7 Å². The van der Waals surface area contributed by atoms with Gasteiger partial charge in [0, 0.05) is 16.5 Å². The Kier molecular flexibility index (Phi) is 27.0. The first-order chi connectivity index (χ1) is 52.0. The van der Waals surface area contributed by atoms with Crippen LogP contribution in [0.5, 0.6) is 28.7 Å². The van der Waals surface area contributed by atoms with Crippen molar-refractivity contribution in [2.45, 2.75) is 184 Å². The first-order valence-corrected chi connectivity index (χ1v) is 40.6. The second-order valence-corrected chi connectivity index (χ2v) is 29.9. The van der Waals surface area contributed by atoms with Crippen molar-refractivity contribution in [1.82, 2.24) is 9.55 Å². The molecular weight excluding hydrogens is 1300 g/mol. The maximum Gasteiger partial charge on any atom is 0.149 e. The fraction of sp³-hybridized carbons (Fsp3) is 0.364. The van der Waals surface area contributed by atoms with E-state index in [4.69, 9.17) is 23.9 Å². The summed E-state index contributed by atoms with van der Waals surface area (Å²) in [6, 6.07) is 79.7. The zero-order valence-electron chi connectivity index (χ0n) is 64.8. The lowest BCUT2D eigenvalue weighted by Crippen LogP contribution is -2.11. The monoisotopic (exact) mass is 1410 g/mol. The Morgan fingerprint density at radius 1 is 0.321 bits per heavy atom. The molecular formula is C99H114N2O5. The third-order valence-electron chi connectivity index (χ3n) is 22.3. The summed E-state index contributed by atoms with van der Waals surface area (Å²) in [7, 11) is 0. The molecule has 12 aromatic rings. The summed E-state index contributed by atoms with van der Waals surface area (Å²) in [5.41, 5.74) is 18.1. The molecule has 0 aliphatic heterocycles. The quantitative estimate of drug-likeness (QED) is 0.0387. The molecule has 0 aliphatic carbocycles. The molecule has 0 bridgehead atoms. The molecule has 11 aromatic carbocycles. The molecule has 1 heterocycles. The second kappa shape index (κ2) is 37.6. The molecule has 550 valence electrons. The molecule has 4 unspecified atom stereocenters. The van der Waals surface area contributed by atoms with Gasteiger partial charge >= 0.3 is 0 Å². The Hall–Kier alpha value is -9.59. The van der Waals surface area contributed by atoms with Gasteiger partial charge < -0.3 is 24.1 Å². The van der Waals surface area contributed by atoms with Crippen molar-refractivity contribution in [3.05, 3.63) is 224 Å². The Morgan fingerprint density at radius 2 is 0.651 bits per heavy atom. The average molecular weight is 1410 g/mol. The molecule has 106 heavy (non-hydrogen) atoms. The number of benzene rings is 11. The zero-order chi connectivity index (χ0) is 73.7. The van der Waals surface area contributed by atoms with E-state index >= 15 is 0 Å². The number of phenols is 1. The molecule has 0 saturated carbocycles. The van der Waals surface area contributed by atoms with Crippen LogP contribution >= 0.6 is 0 Å². The van der Waals surface area contributed by atoms with Crippen LogP contribution in [0.15, 0.2) is 218 Å². The van der Waals surface area contributed by atoms with Gasteiger partial charge in [-0.2, -0.15) is 0 Å². The molecule has 0 radical (unpaired) electrons. The number of imidazole rings is 1. The highest BCUT2D eigenvalue weighted by atomic mass is 16.5. The van der Waals surface area contributed by atoms with Crippen molar-refractivity contribution in [3.63, 3.8) is 0 Å². The Balaban J connectivity index is 1.04. The van der Waals surface area contributed by atoms with Crippen LogP contribution in [-0.4, -0.2) is 41.1 Å². The minimum absolute atomic E-state index is 0.178. The lowest BCUT2D eigenvalue weighted by molar-refractivity contribution is 0.233. The molecule has 7 heteroatoms. The van der Waals surface area contributed by atoms with Gasteiger partial charge in [0.1, 0.15) is 34.6 Å². The van der Waals surface area contributed by atoms with Crippen molar-refractivity contribution >= 4 is 32.6 Å². The van der Waals surface area contributed by atoms with Gasteiger partial charge in [0.25, 0.3) is 0 Å². The van der Waals surface area contributed by atoms with Crippen molar-refractivity contribution < 1.29 is 24.1 Å². The second-order valence-electron chi connectivity index (χ2n) is 29.9. The van der Waals surface area contributed by atoms with E-state index in [1.807, 2.05) is 18.2 Å². The van der Waals surface area contributed by atoms with Gasteiger partial charge in [-0.3, -0.25) is 4.57 Å². The third-order valence-corrected chi connectivity index (χ3v) is 22.3. The van der Waals surface area contributed by atoms with Crippen LogP contribution < -0.4 is 18.9 Å².